The van der Waals surface area contributed by atoms with Crippen LogP contribution in [-0.2, 0) is 16.6 Å². The molecule has 10 heteroatoms. The number of benzene rings is 2. The molecule has 2 aromatic carbocycles. The van der Waals surface area contributed by atoms with Crippen molar-refractivity contribution in [3.63, 3.8) is 0 Å². The van der Waals surface area contributed by atoms with E-state index in [0.29, 0.717) is 32.1 Å². The number of imidazole rings is 1. The molecule has 2 aliphatic rings. The van der Waals surface area contributed by atoms with Crippen LogP contribution in [0.25, 0.3) is 27.7 Å². The number of fused-ring (bicyclic) bond motifs is 1. The molecular weight excluding hydrogens is 536 g/mol. The number of aromatic nitrogens is 3. The highest BCUT2D eigenvalue weighted by atomic mass is 32.2. The number of amides is 1. The predicted molar refractivity (Wildman–Crippen MR) is 162 cm³/mol. The highest BCUT2D eigenvalue weighted by molar-refractivity contribution is 7.88. The Balaban J connectivity index is 1.39. The molecule has 2 aliphatic heterocycles. The molecule has 41 heavy (non-hydrogen) atoms. The SMILES string of the molecule is Cc1c(C(=O)N2CCN(C)CC2)c(-c2cccc3ccccc23)cn1-c1cncn1CC1CCN(S(C)(=O)=O)CC1. The molecular formula is C31H38N6O3S. The summed E-state index contributed by atoms with van der Waals surface area (Å²) in [7, 11) is -1.07. The average Bonchev–Trinajstić information content (AvgIpc) is 3.56. The number of hydrogen-bond donors (Lipinski definition) is 0. The molecule has 9 nitrogen and oxygen atoms in total. The predicted octanol–water partition coefficient (Wildman–Crippen LogP) is 3.86. The van der Waals surface area contributed by atoms with E-state index in [1.807, 2.05) is 36.5 Å². The second-order valence-corrected chi connectivity index (χ2v) is 13.5. The molecule has 0 unspecified atom stereocenters. The third-order valence-electron chi connectivity index (χ3n) is 8.77. The lowest BCUT2D eigenvalue weighted by molar-refractivity contribution is 0.0664. The van der Waals surface area contributed by atoms with Gasteiger partial charge in [-0.25, -0.2) is 17.7 Å². The third kappa shape index (κ3) is 5.43. The van der Waals surface area contributed by atoms with Gasteiger partial charge in [-0.2, -0.15) is 0 Å². The van der Waals surface area contributed by atoms with Gasteiger partial charge in [0, 0.05) is 63.3 Å². The van der Waals surface area contributed by atoms with Crippen molar-refractivity contribution in [1.29, 1.82) is 0 Å². The minimum atomic E-state index is -3.16. The first-order chi connectivity index (χ1) is 19.7. The zero-order valence-electron chi connectivity index (χ0n) is 24.0. The van der Waals surface area contributed by atoms with Crippen LogP contribution in [0.15, 0.2) is 61.2 Å². The minimum Gasteiger partial charge on any atom is -0.336 e. The number of hydrogen-bond acceptors (Lipinski definition) is 5. The van der Waals surface area contributed by atoms with Crippen molar-refractivity contribution in [2.24, 2.45) is 5.92 Å². The van der Waals surface area contributed by atoms with Crippen LogP contribution in [0.4, 0.5) is 0 Å². The number of carbonyl (C=O) groups is 1. The van der Waals surface area contributed by atoms with Crippen LogP contribution >= 0.6 is 0 Å². The summed E-state index contributed by atoms with van der Waals surface area (Å²) in [5.74, 6) is 1.32. The normalized spacial score (nSPS) is 17.9. The van der Waals surface area contributed by atoms with Gasteiger partial charge in [0.2, 0.25) is 10.0 Å². The Labute approximate surface area is 242 Å². The van der Waals surface area contributed by atoms with Crippen molar-refractivity contribution in [2.75, 3.05) is 52.6 Å². The smallest absolute Gasteiger partial charge is 0.256 e. The van der Waals surface area contributed by atoms with Gasteiger partial charge in [-0.3, -0.25) is 4.79 Å². The van der Waals surface area contributed by atoms with E-state index in [9.17, 15) is 13.2 Å². The van der Waals surface area contributed by atoms with Crippen LogP contribution in [0, 0.1) is 12.8 Å². The number of nitrogens with zero attached hydrogens (tertiary/aromatic N) is 6. The van der Waals surface area contributed by atoms with E-state index < -0.39 is 10.0 Å². The van der Waals surface area contributed by atoms with E-state index in [1.165, 1.54) is 6.26 Å². The quantitative estimate of drug-likeness (QED) is 0.349. The summed E-state index contributed by atoms with van der Waals surface area (Å²) in [5, 5.41) is 2.25. The minimum absolute atomic E-state index is 0.0662. The summed E-state index contributed by atoms with van der Waals surface area (Å²) < 4.78 is 29.8. The topological polar surface area (TPSA) is 83.7 Å². The van der Waals surface area contributed by atoms with Crippen molar-refractivity contribution in [3.8, 4) is 16.9 Å². The number of carbonyl (C=O) groups excluding carboxylic acids is 1. The molecule has 0 saturated carbocycles. The van der Waals surface area contributed by atoms with Crippen molar-refractivity contribution in [2.45, 2.75) is 26.3 Å². The molecule has 0 spiro atoms. The Morgan fingerprint density at radius 1 is 0.951 bits per heavy atom. The van der Waals surface area contributed by atoms with E-state index >= 15 is 0 Å². The molecule has 2 saturated heterocycles. The van der Waals surface area contributed by atoms with E-state index in [0.717, 1.165) is 71.5 Å². The second kappa shape index (κ2) is 11.1. The first kappa shape index (κ1) is 27.7. The average molecular weight is 575 g/mol. The monoisotopic (exact) mass is 574 g/mol. The first-order valence-electron chi connectivity index (χ1n) is 14.3. The molecule has 2 aromatic heterocycles. The Kier molecular flexibility index (Phi) is 7.48. The summed E-state index contributed by atoms with van der Waals surface area (Å²) in [6.07, 6.45) is 8.70. The van der Waals surface area contributed by atoms with Crippen LogP contribution in [0.1, 0.15) is 28.9 Å². The van der Waals surface area contributed by atoms with Gasteiger partial charge in [0.1, 0.15) is 5.82 Å². The molecule has 0 atom stereocenters. The molecule has 6 rings (SSSR count). The Bertz CT molecular complexity index is 1670. The van der Waals surface area contributed by atoms with Gasteiger partial charge >= 0.3 is 0 Å². The van der Waals surface area contributed by atoms with Gasteiger partial charge in [-0.1, -0.05) is 42.5 Å². The first-order valence-corrected chi connectivity index (χ1v) is 16.2. The highest BCUT2D eigenvalue weighted by Gasteiger charge is 2.29. The van der Waals surface area contributed by atoms with Crippen molar-refractivity contribution >= 4 is 26.7 Å². The summed E-state index contributed by atoms with van der Waals surface area (Å²) in [6.45, 7) is 7.00. The van der Waals surface area contributed by atoms with E-state index in [2.05, 4.69) is 62.6 Å². The molecule has 4 heterocycles. The zero-order valence-corrected chi connectivity index (χ0v) is 24.8. The van der Waals surface area contributed by atoms with Crippen molar-refractivity contribution < 1.29 is 13.2 Å². The van der Waals surface area contributed by atoms with Crippen LogP contribution in [0.2, 0.25) is 0 Å². The molecule has 2 fully saturated rings. The summed E-state index contributed by atoms with van der Waals surface area (Å²) >= 11 is 0. The number of rotatable bonds is 6. The van der Waals surface area contributed by atoms with Gasteiger partial charge in [0.05, 0.1) is 24.3 Å². The Morgan fingerprint density at radius 3 is 2.39 bits per heavy atom. The Hall–Kier alpha value is -3.47. The largest absolute Gasteiger partial charge is 0.336 e. The highest BCUT2D eigenvalue weighted by Crippen LogP contribution is 2.36. The number of piperidine rings is 1. The van der Waals surface area contributed by atoms with Gasteiger partial charge in [0.25, 0.3) is 5.91 Å². The Morgan fingerprint density at radius 2 is 1.66 bits per heavy atom. The fraction of sp³-hybridized carbons (Fsp3) is 0.419. The fourth-order valence-corrected chi connectivity index (χ4v) is 7.18. The van der Waals surface area contributed by atoms with Crippen molar-refractivity contribution in [1.82, 2.24) is 28.2 Å². The fourth-order valence-electron chi connectivity index (χ4n) is 6.30. The summed E-state index contributed by atoms with van der Waals surface area (Å²) in [6, 6.07) is 14.6. The van der Waals surface area contributed by atoms with Gasteiger partial charge in [-0.05, 0) is 49.1 Å². The lowest BCUT2D eigenvalue weighted by Crippen LogP contribution is -2.47. The molecule has 0 N–H and O–H groups in total. The zero-order chi connectivity index (χ0) is 28.7. The molecule has 0 bridgehead atoms. The third-order valence-corrected chi connectivity index (χ3v) is 10.1. The molecule has 4 aromatic rings. The maximum atomic E-state index is 14.2. The van der Waals surface area contributed by atoms with Crippen LogP contribution in [0.5, 0.6) is 0 Å². The second-order valence-electron chi connectivity index (χ2n) is 11.5. The number of likely N-dealkylation sites (N-methyl/N-ethyl adjacent to an activating group) is 1. The van der Waals surface area contributed by atoms with Gasteiger partial charge in [0.15, 0.2) is 0 Å². The standard InChI is InChI=1S/C31H38N6O3S/c1-23-30(31(38)34-17-15-33(2)16-18-34)28(27-10-6-8-25-7-4-5-9-26(25)27)21-37(23)29-19-32-22-35(29)20-24-11-13-36(14-12-24)41(3,39)40/h4-10,19,21-22,24H,11-18,20H2,1-3H3. The summed E-state index contributed by atoms with van der Waals surface area (Å²) in [5.41, 5.74) is 3.60. The molecule has 0 radical (unpaired) electrons. The molecule has 1 amide bonds. The molecule has 216 valence electrons. The van der Waals surface area contributed by atoms with Gasteiger partial charge < -0.3 is 18.9 Å². The number of sulfonamides is 1. The van der Waals surface area contributed by atoms with Crippen LogP contribution < -0.4 is 0 Å². The van der Waals surface area contributed by atoms with Crippen LogP contribution in [-0.4, -0.2) is 95.1 Å². The maximum Gasteiger partial charge on any atom is 0.256 e. The van der Waals surface area contributed by atoms with E-state index in [4.69, 9.17) is 0 Å². The number of piperazine rings is 1. The van der Waals surface area contributed by atoms with Crippen molar-refractivity contribution in [3.05, 3.63) is 72.4 Å². The molecule has 0 aliphatic carbocycles. The summed E-state index contributed by atoms with van der Waals surface area (Å²) in [4.78, 5) is 22.9. The van der Waals surface area contributed by atoms with Gasteiger partial charge in [-0.15, -0.1) is 0 Å². The maximum absolute atomic E-state index is 14.2. The van der Waals surface area contributed by atoms with E-state index in [1.54, 1.807) is 4.31 Å². The lowest BCUT2D eigenvalue weighted by Gasteiger charge is -2.32. The lowest BCUT2D eigenvalue weighted by atomic mass is 9.96. The van der Waals surface area contributed by atoms with Crippen LogP contribution in [0.3, 0.4) is 0 Å². The van der Waals surface area contributed by atoms with E-state index in [-0.39, 0.29) is 5.91 Å².